The number of hydrogen-bond donors (Lipinski definition) is 2. The van der Waals surface area contributed by atoms with Gasteiger partial charge in [0.15, 0.2) is 0 Å². The minimum Gasteiger partial charge on any atom is -0.336 e. The second-order valence-corrected chi connectivity index (χ2v) is 5.71. The Morgan fingerprint density at radius 2 is 2.22 bits per heavy atom. The van der Waals surface area contributed by atoms with E-state index in [0.29, 0.717) is 18.0 Å². The Hall–Kier alpha value is -1.66. The number of rotatable bonds is 6. The number of amides is 2. The molecule has 5 nitrogen and oxygen atoms in total. The highest BCUT2D eigenvalue weighted by Crippen LogP contribution is 2.15. The smallest absolute Gasteiger partial charge is 0.243 e. The maximum Gasteiger partial charge on any atom is 0.243 e. The average Bonchev–Trinajstić information content (AvgIpc) is 2.97. The van der Waals surface area contributed by atoms with Gasteiger partial charge in [0.1, 0.15) is 5.82 Å². The van der Waals surface area contributed by atoms with Gasteiger partial charge in [-0.25, -0.2) is 4.39 Å². The molecule has 1 atom stereocenters. The van der Waals surface area contributed by atoms with Crippen molar-refractivity contribution in [3.05, 3.63) is 30.1 Å². The molecule has 1 saturated heterocycles. The predicted molar refractivity (Wildman–Crippen MR) is 90.1 cm³/mol. The van der Waals surface area contributed by atoms with Gasteiger partial charge in [-0.3, -0.25) is 9.59 Å². The molecular weight excluding hydrogens is 321 g/mol. The number of benzene rings is 1. The molecule has 2 amide bonds. The first-order chi connectivity index (χ1) is 10.5. The number of nitrogens with one attached hydrogen (secondary N) is 2. The second-order valence-electron chi connectivity index (χ2n) is 5.71. The summed E-state index contributed by atoms with van der Waals surface area (Å²) in [6.07, 6.45) is 2.41. The standard InChI is InChI=1S/C16H22FN3O2.ClH/c1-20(16(22)6-5-12-7-8-18-10-12)11-15(21)19-14-4-2-3-13(17)9-14;/h2-4,9,12,18H,5-8,10-11H2,1H3,(H,19,21);1H. The lowest BCUT2D eigenvalue weighted by atomic mass is 10.0. The lowest BCUT2D eigenvalue weighted by Gasteiger charge is -2.18. The van der Waals surface area contributed by atoms with Crippen molar-refractivity contribution in [3.8, 4) is 0 Å². The molecule has 7 heteroatoms. The SMILES string of the molecule is CN(CC(=O)Nc1cccc(F)c1)C(=O)CCC1CCNC1.Cl. The molecule has 0 saturated carbocycles. The fourth-order valence-electron chi connectivity index (χ4n) is 2.55. The van der Waals surface area contributed by atoms with Crippen molar-refractivity contribution in [1.82, 2.24) is 10.2 Å². The van der Waals surface area contributed by atoms with Crippen molar-refractivity contribution >= 4 is 29.9 Å². The Labute approximate surface area is 142 Å². The second kappa shape index (κ2) is 9.47. The maximum absolute atomic E-state index is 13.0. The van der Waals surface area contributed by atoms with Gasteiger partial charge in [-0.05, 0) is 50.0 Å². The van der Waals surface area contributed by atoms with E-state index < -0.39 is 5.82 Å². The fraction of sp³-hybridized carbons (Fsp3) is 0.500. The van der Waals surface area contributed by atoms with Gasteiger partial charge in [0.2, 0.25) is 11.8 Å². The lowest BCUT2D eigenvalue weighted by molar-refractivity contribution is -0.133. The normalized spacial score (nSPS) is 16.5. The number of hydrogen-bond acceptors (Lipinski definition) is 3. The first kappa shape index (κ1) is 19.4. The molecule has 0 spiro atoms. The van der Waals surface area contributed by atoms with Gasteiger partial charge in [0, 0.05) is 19.2 Å². The van der Waals surface area contributed by atoms with Crippen LogP contribution in [0.2, 0.25) is 0 Å². The molecule has 0 aromatic heterocycles. The summed E-state index contributed by atoms with van der Waals surface area (Å²) < 4.78 is 13.0. The van der Waals surface area contributed by atoms with Gasteiger partial charge in [0.25, 0.3) is 0 Å². The molecule has 0 radical (unpaired) electrons. The van der Waals surface area contributed by atoms with E-state index in [-0.39, 0.29) is 30.8 Å². The van der Waals surface area contributed by atoms with Crippen LogP contribution in [0, 0.1) is 11.7 Å². The summed E-state index contributed by atoms with van der Waals surface area (Å²) in [6.45, 7) is 1.96. The number of carbonyl (C=O) groups excluding carboxylic acids is 2. The van der Waals surface area contributed by atoms with Crippen molar-refractivity contribution in [2.45, 2.75) is 19.3 Å². The summed E-state index contributed by atoms with van der Waals surface area (Å²) in [4.78, 5) is 25.3. The van der Waals surface area contributed by atoms with Crippen molar-refractivity contribution in [1.29, 1.82) is 0 Å². The third-order valence-electron chi connectivity index (χ3n) is 3.84. The van der Waals surface area contributed by atoms with Gasteiger partial charge >= 0.3 is 0 Å². The summed E-state index contributed by atoms with van der Waals surface area (Å²) in [5, 5.41) is 5.85. The van der Waals surface area contributed by atoms with Crippen molar-refractivity contribution in [2.75, 3.05) is 32.0 Å². The lowest BCUT2D eigenvalue weighted by Crippen LogP contribution is -2.35. The number of likely N-dealkylation sites (N-methyl/N-ethyl adjacent to an activating group) is 1. The van der Waals surface area contributed by atoms with Crippen LogP contribution in [0.4, 0.5) is 10.1 Å². The van der Waals surface area contributed by atoms with E-state index in [2.05, 4.69) is 10.6 Å². The zero-order valence-corrected chi connectivity index (χ0v) is 14.0. The Morgan fingerprint density at radius 1 is 1.43 bits per heavy atom. The number of anilines is 1. The average molecular weight is 344 g/mol. The molecule has 1 unspecified atom stereocenters. The van der Waals surface area contributed by atoms with E-state index in [1.54, 1.807) is 13.1 Å². The number of nitrogens with zero attached hydrogens (tertiary/aromatic N) is 1. The van der Waals surface area contributed by atoms with Crippen LogP contribution in [0.25, 0.3) is 0 Å². The molecule has 0 bridgehead atoms. The quantitative estimate of drug-likeness (QED) is 0.831. The van der Waals surface area contributed by atoms with E-state index in [4.69, 9.17) is 0 Å². The van der Waals surface area contributed by atoms with E-state index in [1.165, 1.54) is 23.1 Å². The minimum atomic E-state index is -0.410. The van der Waals surface area contributed by atoms with Crippen LogP contribution in [0.5, 0.6) is 0 Å². The summed E-state index contributed by atoms with van der Waals surface area (Å²) in [6, 6.07) is 5.68. The van der Waals surface area contributed by atoms with Crippen LogP contribution < -0.4 is 10.6 Å². The van der Waals surface area contributed by atoms with Gasteiger partial charge < -0.3 is 15.5 Å². The van der Waals surface area contributed by atoms with Crippen molar-refractivity contribution < 1.29 is 14.0 Å². The monoisotopic (exact) mass is 343 g/mol. The summed E-state index contributed by atoms with van der Waals surface area (Å²) in [5.41, 5.74) is 0.392. The predicted octanol–water partition coefficient (Wildman–Crippen LogP) is 2.03. The molecule has 1 aromatic rings. The number of halogens is 2. The van der Waals surface area contributed by atoms with Gasteiger partial charge in [-0.2, -0.15) is 0 Å². The van der Waals surface area contributed by atoms with Crippen LogP contribution >= 0.6 is 12.4 Å². The third kappa shape index (κ3) is 6.54. The summed E-state index contributed by atoms with van der Waals surface area (Å²) in [7, 11) is 1.61. The molecule has 1 heterocycles. The molecule has 1 fully saturated rings. The largest absolute Gasteiger partial charge is 0.336 e. The van der Waals surface area contributed by atoms with Gasteiger partial charge in [0.05, 0.1) is 6.54 Å². The zero-order chi connectivity index (χ0) is 15.9. The molecular formula is C16H23ClFN3O2. The fourth-order valence-corrected chi connectivity index (χ4v) is 2.55. The van der Waals surface area contributed by atoms with Gasteiger partial charge in [-0.15, -0.1) is 12.4 Å². The van der Waals surface area contributed by atoms with E-state index in [9.17, 15) is 14.0 Å². The van der Waals surface area contributed by atoms with E-state index in [0.717, 1.165) is 25.9 Å². The molecule has 128 valence electrons. The maximum atomic E-state index is 13.0. The summed E-state index contributed by atoms with van der Waals surface area (Å²) >= 11 is 0. The molecule has 1 aliphatic heterocycles. The molecule has 2 rings (SSSR count). The van der Waals surface area contributed by atoms with Crippen LogP contribution in [0.1, 0.15) is 19.3 Å². The van der Waals surface area contributed by atoms with E-state index >= 15 is 0 Å². The Bertz CT molecular complexity index is 536. The minimum absolute atomic E-state index is 0. The van der Waals surface area contributed by atoms with Crippen LogP contribution in [-0.2, 0) is 9.59 Å². The van der Waals surface area contributed by atoms with Crippen molar-refractivity contribution in [3.63, 3.8) is 0 Å². The molecule has 1 aliphatic rings. The molecule has 23 heavy (non-hydrogen) atoms. The molecule has 2 N–H and O–H groups in total. The van der Waals surface area contributed by atoms with Crippen LogP contribution in [0.15, 0.2) is 24.3 Å². The third-order valence-corrected chi connectivity index (χ3v) is 3.84. The highest BCUT2D eigenvalue weighted by atomic mass is 35.5. The van der Waals surface area contributed by atoms with Crippen LogP contribution in [0.3, 0.4) is 0 Å². The zero-order valence-electron chi connectivity index (χ0n) is 13.2. The Morgan fingerprint density at radius 3 is 2.87 bits per heavy atom. The molecule has 1 aromatic carbocycles. The first-order valence-electron chi connectivity index (χ1n) is 7.54. The topological polar surface area (TPSA) is 61.4 Å². The highest BCUT2D eigenvalue weighted by Gasteiger charge is 2.18. The Kier molecular flexibility index (Phi) is 7.98. The van der Waals surface area contributed by atoms with E-state index in [1.807, 2.05) is 0 Å². The first-order valence-corrected chi connectivity index (χ1v) is 7.54. The number of carbonyl (C=O) groups is 2. The molecule has 0 aliphatic carbocycles. The van der Waals surface area contributed by atoms with Gasteiger partial charge in [-0.1, -0.05) is 6.07 Å². The Balaban J connectivity index is 0.00000264. The highest BCUT2D eigenvalue weighted by molar-refractivity contribution is 5.94. The summed E-state index contributed by atoms with van der Waals surface area (Å²) in [5.74, 6) is -0.226. The van der Waals surface area contributed by atoms with Crippen LogP contribution in [-0.4, -0.2) is 43.4 Å². The van der Waals surface area contributed by atoms with Crippen molar-refractivity contribution in [2.24, 2.45) is 5.92 Å².